The van der Waals surface area contributed by atoms with E-state index in [1.54, 1.807) is 18.2 Å². The Hall–Kier alpha value is -3.60. The number of hydrogen-bond acceptors (Lipinski definition) is 8. The van der Waals surface area contributed by atoms with Gasteiger partial charge in [-0.15, -0.1) is 0 Å². The Morgan fingerprint density at radius 2 is 1.93 bits per heavy atom. The molecular weight excluding hydrogens is 376 g/mol. The predicted octanol–water partition coefficient (Wildman–Crippen LogP) is 3.68. The molecule has 11 heteroatoms. The Morgan fingerprint density at radius 3 is 2.56 bits per heavy atom. The lowest BCUT2D eigenvalue weighted by atomic mass is 10.0. The van der Waals surface area contributed by atoms with E-state index in [0.29, 0.717) is 11.3 Å². The van der Waals surface area contributed by atoms with E-state index in [0.717, 1.165) is 16.8 Å². The lowest BCUT2D eigenvalue weighted by Gasteiger charge is -2.06. The zero-order chi connectivity index (χ0) is 19.7. The summed E-state index contributed by atoms with van der Waals surface area (Å²) in [5.41, 5.74) is -0.522. The van der Waals surface area contributed by atoms with Gasteiger partial charge in [0.25, 0.3) is 17.3 Å². The molecule has 0 bridgehead atoms. The second-order valence-electron chi connectivity index (χ2n) is 5.46. The lowest BCUT2D eigenvalue weighted by Crippen LogP contribution is -2.14. The maximum atomic E-state index is 12.6. The van der Waals surface area contributed by atoms with Crippen LogP contribution in [0.5, 0.6) is 5.75 Å². The molecule has 0 fully saturated rings. The molecule has 0 aliphatic rings. The van der Waals surface area contributed by atoms with Crippen molar-refractivity contribution in [3.8, 4) is 5.75 Å². The summed E-state index contributed by atoms with van der Waals surface area (Å²) < 4.78 is 5.90. The summed E-state index contributed by atoms with van der Waals surface area (Å²) in [5, 5.41) is 25.0. The largest absolute Gasteiger partial charge is 0.497 e. The van der Waals surface area contributed by atoms with Crippen LogP contribution in [0.4, 0.5) is 16.5 Å². The second-order valence-corrected chi connectivity index (χ2v) is 6.49. The second kappa shape index (κ2) is 6.96. The number of non-ortho nitro benzene ring substituents is 1. The van der Waals surface area contributed by atoms with Gasteiger partial charge in [0.2, 0.25) is 0 Å². The van der Waals surface area contributed by atoms with Crippen LogP contribution in [-0.4, -0.2) is 27.8 Å². The number of nitrogens with one attached hydrogen (secondary N) is 1. The molecule has 0 spiro atoms. The lowest BCUT2D eigenvalue weighted by molar-refractivity contribution is -0.394. The summed E-state index contributed by atoms with van der Waals surface area (Å²) in [6, 6.07) is 7.04. The fourth-order valence-corrected chi connectivity index (χ4v) is 3.35. The fraction of sp³-hybridized carbons (Fsp3) is 0.125. The van der Waals surface area contributed by atoms with Crippen LogP contribution in [0.3, 0.4) is 0 Å². The predicted molar refractivity (Wildman–Crippen MR) is 98.6 cm³/mol. The molecular formula is C16H12N4O6S. The highest BCUT2D eigenvalue weighted by atomic mass is 32.1. The third kappa shape index (κ3) is 3.53. The topological polar surface area (TPSA) is 138 Å². The maximum absolute atomic E-state index is 12.6. The highest BCUT2D eigenvalue weighted by Crippen LogP contribution is 2.31. The number of methoxy groups -OCH3 is 1. The number of amides is 1. The maximum Gasteiger partial charge on any atom is 0.279 e. The first-order valence-corrected chi connectivity index (χ1v) is 8.31. The van der Waals surface area contributed by atoms with Gasteiger partial charge >= 0.3 is 0 Å². The summed E-state index contributed by atoms with van der Waals surface area (Å²) >= 11 is 1.19. The molecule has 0 atom stereocenters. The number of anilines is 1. The van der Waals surface area contributed by atoms with Gasteiger partial charge in [0.1, 0.15) is 5.75 Å². The number of rotatable bonds is 5. The molecule has 0 aliphatic carbocycles. The van der Waals surface area contributed by atoms with Gasteiger partial charge in [0.15, 0.2) is 5.13 Å². The van der Waals surface area contributed by atoms with Crippen molar-refractivity contribution in [2.75, 3.05) is 12.4 Å². The minimum Gasteiger partial charge on any atom is -0.497 e. The van der Waals surface area contributed by atoms with Crippen molar-refractivity contribution >= 4 is 44.0 Å². The molecule has 1 amide bonds. The van der Waals surface area contributed by atoms with Crippen molar-refractivity contribution in [3.63, 3.8) is 0 Å². The smallest absolute Gasteiger partial charge is 0.279 e. The van der Waals surface area contributed by atoms with Crippen LogP contribution < -0.4 is 10.1 Å². The highest BCUT2D eigenvalue weighted by Gasteiger charge is 2.25. The molecule has 27 heavy (non-hydrogen) atoms. The van der Waals surface area contributed by atoms with Gasteiger partial charge in [-0.25, -0.2) is 4.98 Å². The average molecular weight is 388 g/mol. The highest BCUT2D eigenvalue weighted by molar-refractivity contribution is 7.22. The van der Waals surface area contributed by atoms with E-state index in [9.17, 15) is 25.0 Å². The van der Waals surface area contributed by atoms with Gasteiger partial charge in [-0.3, -0.25) is 30.3 Å². The van der Waals surface area contributed by atoms with Gasteiger partial charge in [-0.05, 0) is 25.1 Å². The van der Waals surface area contributed by atoms with E-state index in [4.69, 9.17) is 4.74 Å². The average Bonchev–Trinajstić information content (AvgIpc) is 3.02. The molecule has 2 aromatic carbocycles. The zero-order valence-corrected chi connectivity index (χ0v) is 14.9. The fourth-order valence-electron chi connectivity index (χ4n) is 2.46. The Kier molecular flexibility index (Phi) is 4.69. The molecule has 3 rings (SSSR count). The number of hydrogen-bond donors (Lipinski definition) is 1. The van der Waals surface area contributed by atoms with Crippen molar-refractivity contribution in [2.45, 2.75) is 6.92 Å². The number of carbonyl (C=O) groups excluding carboxylic acids is 1. The van der Waals surface area contributed by atoms with Crippen molar-refractivity contribution in [2.24, 2.45) is 0 Å². The molecule has 1 N–H and O–H groups in total. The Bertz CT molecular complexity index is 1090. The number of aromatic nitrogens is 1. The van der Waals surface area contributed by atoms with Crippen molar-refractivity contribution in [1.82, 2.24) is 4.98 Å². The number of benzene rings is 2. The van der Waals surface area contributed by atoms with Gasteiger partial charge in [-0.1, -0.05) is 11.3 Å². The van der Waals surface area contributed by atoms with Gasteiger partial charge < -0.3 is 4.74 Å². The van der Waals surface area contributed by atoms with Crippen LogP contribution in [-0.2, 0) is 0 Å². The first kappa shape index (κ1) is 18.2. The SMILES string of the molecule is COc1ccc2nc(NC(=O)c3cc([N+](=O)[O-])cc([N+](=O)[O-])c3C)sc2c1. The van der Waals surface area contributed by atoms with E-state index in [-0.39, 0.29) is 16.3 Å². The molecule has 138 valence electrons. The summed E-state index contributed by atoms with van der Waals surface area (Å²) in [6.45, 7) is 1.36. The zero-order valence-electron chi connectivity index (χ0n) is 14.1. The number of nitro groups is 2. The van der Waals surface area contributed by atoms with E-state index in [2.05, 4.69) is 10.3 Å². The normalized spacial score (nSPS) is 10.6. The van der Waals surface area contributed by atoms with Crippen LogP contribution in [0.15, 0.2) is 30.3 Å². The Morgan fingerprint density at radius 1 is 1.19 bits per heavy atom. The summed E-state index contributed by atoms with van der Waals surface area (Å²) in [6.07, 6.45) is 0. The molecule has 3 aromatic rings. The molecule has 1 heterocycles. The number of ether oxygens (including phenoxy) is 1. The van der Waals surface area contributed by atoms with Crippen LogP contribution in [0.2, 0.25) is 0 Å². The van der Waals surface area contributed by atoms with E-state index in [1.807, 2.05) is 0 Å². The van der Waals surface area contributed by atoms with E-state index >= 15 is 0 Å². The third-order valence-corrected chi connectivity index (χ3v) is 4.77. The van der Waals surface area contributed by atoms with Gasteiger partial charge in [-0.2, -0.15) is 0 Å². The van der Waals surface area contributed by atoms with Crippen LogP contribution >= 0.6 is 11.3 Å². The number of nitrogens with zero attached hydrogens (tertiary/aromatic N) is 3. The molecule has 0 saturated heterocycles. The molecule has 0 saturated carbocycles. The van der Waals surface area contributed by atoms with Crippen molar-refractivity contribution < 1.29 is 19.4 Å². The molecule has 0 aliphatic heterocycles. The Balaban J connectivity index is 1.98. The quantitative estimate of drug-likeness (QED) is 0.519. The van der Waals surface area contributed by atoms with Crippen LogP contribution in [0, 0.1) is 27.2 Å². The minimum atomic E-state index is -0.785. The summed E-state index contributed by atoms with van der Waals surface area (Å²) in [4.78, 5) is 37.5. The van der Waals surface area contributed by atoms with Gasteiger partial charge in [0.05, 0.1) is 38.8 Å². The van der Waals surface area contributed by atoms with Gasteiger partial charge in [0, 0.05) is 11.6 Å². The molecule has 1 aromatic heterocycles. The number of carbonyl (C=O) groups is 1. The van der Waals surface area contributed by atoms with Crippen molar-refractivity contribution in [3.05, 3.63) is 61.7 Å². The number of nitro benzene ring substituents is 2. The number of thiazole rings is 1. The molecule has 10 nitrogen and oxygen atoms in total. The number of fused-ring (bicyclic) bond motifs is 1. The van der Waals surface area contributed by atoms with Crippen LogP contribution in [0.25, 0.3) is 10.2 Å². The molecule has 0 unspecified atom stereocenters. The summed E-state index contributed by atoms with van der Waals surface area (Å²) in [5.74, 6) is -0.0838. The van der Waals surface area contributed by atoms with E-state index in [1.165, 1.54) is 25.4 Å². The standard InChI is InChI=1S/C16H12N4O6S/c1-8-11(5-9(19(22)23)6-13(8)20(24)25)15(21)18-16-17-12-4-3-10(26-2)7-14(12)27-16/h3-7H,1-2H3,(H,17,18,21). The van der Waals surface area contributed by atoms with E-state index < -0.39 is 27.1 Å². The third-order valence-electron chi connectivity index (χ3n) is 3.83. The Labute approximate surface area is 155 Å². The van der Waals surface area contributed by atoms with Crippen molar-refractivity contribution in [1.29, 1.82) is 0 Å². The van der Waals surface area contributed by atoms with Crippen LogP contribution in [0.1, 0.15) is 15.9 Å². The first-order valence-electron chi connectivity index (χ1n) is 7.49. The minimum absolute atomic E-state index is 0.0332. The summed E-state index contributed by atoms with van der Waals surface area (Å²) in [7, 11) is 1.53. The monoisotopic (exact) mass is 388 g/mol. The first-order chi connectivity index (χ1) is 12.8. The molecule has 0 radical (unpaired) electrons.